The van der Waals surface area contributed by atoms with Crippen molar-refractivity contribution < 1.29 is 14.3 Å². The molecule has 3 saturated carbocycles. The van der Waals surface area contributed by atoms with Crippen LogP contribution < -0.4 is 0 Å². The van der Waals surface area contributed by atoms with Crippen molar-refractivity contribution in [1.82, 2.24) is 0 Å². The van der Waals surface area contributed by atoms with Crippen LogP contribution in [0.5, 0.6) is 0 Å². The molecule has 0 amide bonds. The number of carbonyl (C=O) groups excluding carboxylic acids is 1. The Morgan fingerprint density at radius 2 is 1.69 bits per heavy atom. The van der Waals surface area contributed by atoms with Crippen LogP contribution in [-0.2, 0) is 14.3 Å². The molecule has 0 N–H and O–H groups in total. The highest BCUT2D eigenvalue weighted by Gasteiger charge is 2.62. The summed E-state index contributed by atoms with van der Waals surface area (Å²) >= 11 is 0. The number of hydrogen-bond donors (Lipinski definition) is 0. The predicted octanol–water partition coefficient (Wildman–Crippen LogP) is 8.06. The summed E-state index contributed by atoms with van der Waals surface area (Å²) in [5, 5.41) is 0. The third-order valence-corrected chi connectivity index (χ3v) is 11.2. The quantitative estimate of drug-likeness (QED) is 0.375. The van der Waals surface area contributed by atoms with Crippen LogP contribution in [0.15, 0.2) is 35.3 Å². The molecule has 0 aromatic heterocycles. The second kappa shape index (κ2) is 9.42. The number of ketones is 1. The molecule has 192 valence electrons. The van der Waals surface area contributed by atoms with E-state index in [-0.39, 0.29) is 10.8 Å². The number of fused-ring (bicyclic) bond motifs is 5. The summed E-state index contributed by atoms with van der Waals surface area (Å²) in [5.41, 5.74) is 1.77. The molecule has 6 rings (SSSR count). The highest BCUT2D eigenvalue weighted by Crippen LogP contribution is 2.66. The van der Waals surface area contributed by atoms with Crippen molar-refractivity contribution in [3.63, 3.8) is 0 Å². The monoisotopic (exact) mass is 478 g/mol. The summed E-state index contributed by atoms with van der Waals surface area (Å²) < 4.78 is 13.4. The molecule has 0 spiro atoms. The highest BCUT2D eigenvalue weighted by molar-refractivity contribution is 5.82. The van der Waals surface area contributed by atoms with Gasteiger partial charge in [-0.15, -0.1) is 0 Å². The van der Waals surface area contributed by atoms with E-state index in [4.69, 9.17) is 9.47 Å². The van der Waals surface area contributed by atoms with Crippen LogP contribution in [0.2, 0.25) is 0 Å². The fourth-order valence-electron chi connectivity index (χ4n) is 9.33. The normalized spacial score (nSPS) is 43.2. The SMILES string of the molecule is CC1C=C2CC(=O)CC[C@]2(COC2=CCCCC2)[C@@H]2CC[C@]3(C)C(OC4=CCCCC4)CC[C@H]3[C@H]12. The fraction of sp³-hybridized carbons (Fsp3) is 0.781. The molecule has 0 saturated heterocycles. The minimum absolute atomic E-state index is 0.0650. The van der Waals surface area contributed by atoms with Gasteiger partial charge in [0.2, 0.25) is 0 Å². The first-order valence-electron chi connectivity index (χ1n) is 14.9. The number of rotatable bonds is 5. The Balaban J connectivity index is 1.28. The van der Waals surface area contributed by atoms with E-state index < -0.39 is 0 Å². The molecule has 2 unspecified atom stereocenters. The van der Waals surface area contributed by atoms with Gasteiger partial charge in [-0.3, -0.25) is 4.79 Å². The Bertz CT molecular complexity index is 927. The molecule has 6 aliphatic rings. The molecule has 7 atom stereocenters. The zero-order chi connectivity index (χ0) is 24.0. The van der Waals surface area contributed by atoms with E-state index in [2.05, 4.69) is 32.1 Å². The van der Waals surface area contributed by atoms with Crippen molar-refractivity contribution in [2.24, 2.45) is 34.5 Å². The van der Waals surface area contributed by atoms with Crippen molar-refractivity contribution in [1.29, 1.82) is 0 Å². The van der Waals surface area contributed by atoms with Crippen molar-refractivity contribution >= 4 is 5.78 Å². The van der Waals surface area contributed by atoms with Crippen molar-refractivity contribution in [2.45, 2.75) is 116 Å². The Morgan fingerprint density at radius 1 is 0.914 bits per heavy atom. The van der Waals surface area contributed by atoms with Crippen LogP contribution in [0, 0.1) is 34.5 Å². The largest absolute Gasteiger partial charge is 0.497 e. The summed E-state index contributed by atoms with van der Waals surface area (Å²) in [4.78, 5) is 12.6. The van der Waals surface area contributed by atoms with Crippen LogP contribution in [-0.4, -0.2) is 18.5 Å². The average Bonchev–Trinajstić information content (AvgIpc) is 3.20. The summed E-state index contributed by atoms with van der Waals surface area (Å²) in [6.45, 7) is 5.80. The molecule has 3 nitrogen and oxygen atoms in total. The van der Waals surface area contributed by atoms with Gasteiger partial charge in [0.25, 0.3) is 0 Å². The third-order valence-electron chi connectivity index (χ3n) is 11.2. The molecule has 3 heteroatoms. The number of allylic oxidation sites excluding steroid dienone is 5. The van der Waals surface area contributed by atoms with E-state index in [1.54, 1.807) is 0 Å². The molecule has 0 aromatic rings. The van der Waals surface area contributed by atoms with Gasteiger partial charge in [-0.2, -0.15) is 0 Å². The summed E-state index contributed by atoms with van der Waals surface area (Å²) in [6, 6.07) is 0. The lowest BCUT2D eigenvalue weighted by atomic mass is 9.45. The number of carbonyl (C=O) groups is 1. The second-order valence-electron chi connectivity index (χ2n) is 13.1. The minimum atomic E-state index is 0.0650. The zero-order valence-electron chi connectivity index (χ0n) is 22.2. The minimum Gasteiger partial charge on any atom is -0.497 e. The van der Waals surface area contributed by atoms with Gasteiger partial charge in [0.15, 0.2) is 0 Å². The molecule has 0 radical (unpaired) electrons. The molecule has 0 aliphatic heterocycles. The van der Waals surface area contributed by atoms with E-state index in [1.807, 2.05) is 0 Å². The van der Waals surface area contributed by atoms with Crippen LogP contribution in [0.1, 0.15) is 110 Å². The van der Waals surface area contributed by atoms with Crippen LogP contribution in [0.4, 0.5) is 0 Å². The maximum absolute atomic E-state index is 12.6. The number of Topliss-reactive ketones (excluding diaryl/α,β-unsaturated/α-hetero) is 1. The molecular formula is C32H46O3. The Labute approximate surface area is 212 Å². The first kappa shape index (κ1) is 23.9. The first-order valence-corrected chi connectivity index (χ1v) is 14.9. The van der Waals surface area contributed by atoms with Gasteiger partial charge in [0, 0.05) is 36.5 Å². The maximum Gasteiger partial charge on any atom is 0.136 e. The van der Waals surface area contributed by atoms with Crippen LogP contribution in [0.25, 0.3) is 0 Å². The fourth-order valence-corrected chi connectivity index (χ4v) is 9.33. The van der Waals surface area contributed by atoms with Gasteiger partial charge in [0.1, 0.15) is 11.9 Å². The van der Waals surface area contributed by atoms with E-state index in [0.29, 0.717) is 42.0 Å². The summed E-state index contributed by atoms with van der Waals surface area (Å²) in [5.74, 6) is 5.51. The van der Waals surface area contributed by atoms with Gasteiger partial charge in [-0.25, -0.2) is 0 Å². The molecule has 0 bridgehead atoms. The van der Waals surface area contributed by atoms with E-state index in [1.165, 1.54) is 74.9 Å². The molecule has 6 aliphatic carbocycles. The molecule has 0 aromatic carbocycles. The van der Waals surface area contributed by atoms with E-state index >= 15 is 0 Å². The lowest BCUT2D eigenvalue weighted by molar-refractivity contribution is -0.128. The number of hydrogen-bond acceptors (Lipinski definition) is 3. The third kappa shape index (κ3) is 4.13. The summed E-state index contributed by atoms with van der Waals surface area (Å²) in [6.07, 6.45) is 24.8. The van der Waals surface area contributed by atoms with Crippen molar-refractivity contribution in [2.75, 3.05) is 6.61 Å². The van der Waals surface area contributed by atoms with Gasteiger partial charge < -0.3 is 9.47 Å². The Kier molecular flexibility index (Phi) is 6.42. The number of ether oxygens (including phenoxy) is 2. The molecule has 0 heterocycles. The topological polar surface area (TPSA) is 35.5 Å². The Hall–Kier alpha value is -1.51. The smallest absolute Gasteiger partial charge is 0.136 e. The zero-order valence-corrected chi connectivity index (χ0v) is 22.2. The first-order chi connectivity index (χ1) is 17.0. The summed E-state index contributed by atoms with van der Waals surface area (Å²) in [7, 11) is 0. The maximum atomic E-state index is 12.6. The van der Waals surface area contributed by atoms with E-state index in [0.717, 1.165) is 38.7 Å². The standard InChI is InChI=1S/C32H46O3/c1-22-19-23-20-24(33)15-18-32(23,21-34-25-9-5-3-6-10-25)28-16-17-31(2)27(30(22)28)13-14-29(31)35-26-11-7-4-8-12-26/h9,11,19,22,27-30H,3-8,10,12-18,20-21H2,1-2H3/t22?,27-,28+,29?,30-,31-,32+/m0/s1. The predicted molar refractivity (Wildman–Crippen MR) is 140 cm³/mol. The van der Waals surface area contributed by atoms with Gasteiger partial charge >= 0.3 is 0 Å². The van der Waals surface area contributed by atoms with Gasteiger partial charge in [0.05, 0.1) is 18.1 Å². The second-order valence-corrected chi connectivity index (χ2v) is 13.1. The highest BCUT2D eigenvalue weighted by atomic mass is 16.5. The lowest BCUT2D eigenvalue weighted by Crippen LogP contribution is -2.55. The van der Waals surface area contributed by atoms with E-state index in [9.17, 15) is 4.79 Å². The average molecular weight is 479 g/mol. The molecule has 3 fully saturated rings. The molecule has 35 heavy (non-hydrogen) atoms. The van der Waals surface area contributed by atoms with Gasteiger partial charge in [-0.05, 0) is 106 Å². The van der Waals surface area contributed by atoms with Gasteiger partial charge in [-0.1, -0.05) is 25.5 Å². The van der Waals surface area contributed by atoms with Crippen molar-refractivity contribution in [3.8, 4) is 0 Å². The van der Waals surface area contributed by atoms with Crippen molar-refractivity contribution in [3.05, 3.63) is 35.3 Å². The Morgan fingerprint density at radius 3 is 2.43 bits per heavy atom. The van der Waals surface area contributed by atoms with Crippen LogP contribution in [0.3, 0.4) is 0 Å². The lowest BCUT2D eigenvalue weighted by Gasteiger charge is -2.59. The van der Waals surface area contributed by atoms with Crippen LogP contribution >= 0.6 is 0 Å². The molecular weight excluding hydrogens is 432 g/mol.